The fourth-order valence-corrected chi connectivity index (χ4v) is 2.43. The van der Waals surface area contributed by atoms with Crippen molar-refractivity contribution in [3.8, 4) is 0 Å². The Balaban J connectivity index is -0.000000228. The molecule has 0 heterocycles. The molecule has 0 radical (unpaired) electrons. The lowest BCUT2D eigenvalue weighted by Crippen LogP contribution is -2.28. The molecule has 230 valence electrons. The van der Waals surface area contributed by atoms with Crippen molar-refractivity contribution in [2.45, 2.75) is 13.3 Å². The Morgan fingerprint density at radius 1 is 0.634 bits per heavy atom. The van der Waals surface area contributed by atoms with E-state index in [1.54, 1.807) is 51.2 Å². The van der Waals surface area contributed by atoms with E-state index in [4.69, 9.17) is 0 Å². The molecule has 0 N–H and O–H groups in total. The van der Waals surface area contributed by atoms with Crippen LogP contribution in [0.25, 0.3) is 0 Å². The molecule has 0 saturated heterocycles. The summed E-state index contributed by atoms with van der Waals surface area (Å²) in [6.07, 6.45) is 9.92. The maximum atomic E-state index is 11.5. The van der Waals surface area contributed by atoms with Crippen LogP contribution in [0.4, 0.5) is 0 Å². The smallest absolute Gasteiger partial charge is 0.310 e. The zero-order valence-electron chi connectivity index (χ0n) is 26.2. The Labute approximate surface area is 248 Å². The van der Waals surface area contributed by atoms with Crippen molar-refractivity contribution in [1.29, 1.82) is 0 Å². The fourth-order valence-electron chi connectivity index (χ4n) is 2.43. The van der Waals surface area contributed by atoms with Crippen LogP contribution in [0.15, 0.2) is 100 Å². The van der Waals surface area contributed by atoms with E-state index in [1.165, 1.54) is 23.0 Å². The maximum Gasteiger partial charge on any atom is 0.310 e. The number of likely N-dealkylation sites (N-methyl/N-ethyl adjacent to an activating group) is 4. The Hall–Kier alpha value is -4.24. The summed E-state index contributed by atoms with van der Waals surface area (Å²) in [7, 11) is 8.34. The normalized spacial score (nSPS) is 8.76. The second kappa shape index (κ2) is 28.8. The fraction of sp³-hybridized carbons (Fsp3) is 0.375. The van der Waals surface area contributed by atoms with Gasteiger partial charge in [0.15, 0.2) is 0 Å². The number of rotatable bonds is 15. The molecule has 9 nitrogen and oxygen atoms in total. The van der Waals surface area contributed by atoms with Crippen molar-refractivity contribution in [3.05, 3.63) is 100 Å². The van der Waals surface area contributed by atoms with Crippen LogP contribution in [0.3, 0.4) is 0 Å². The molecule has 0 aliphatic rings. The number of methoxy groups -OCH3 is 1. The first-order valence-electron chi connectivity index (χ1n) is 12.7. The molecule has 0 bridgehead atoms. The van der Waals surface area contributed by atoms with Crippen molar-refractivity contribution in [2.24, 2.45) is 0 Å². The molecule has 3 amide bonds. The second-order valence-corrected chi connectivity index (χ2v) is 8.60. The van der Waals surface area contributed by atoms with E-state index < -0.39 is 5.97 Å². The molecule has 0 aromatic rings. The number of esters is 1. The number of carbonyl (C=O) groups excluding carboxylic acids is 4. The lowest BCUT2D eigenvalue weighted by molar-refractivity contribution is -0.141. The lowest BCUT2D eigenvalue weighted by Gasteiger charge is -2.15. The third-order valence-corrected chi connectivity index (χ3v) is 4.59. The predicted octanol–water partition coefficient (Wildman–Crippen LogP) is 4.06. The Morgan fingerprint density at radius 2 is 1.00 bits per heavy atom. The molecule has 0 saturated carbocycles. The third-order valence-electron chi connectivity index (χ3n) is 4.59. The molecule has 41 heavy (non-hydrogen) atoms. The molecular weight excluding hydrogens is 520 g/mol. The van der Waals surface area contributed by atoms with E-state index in [0.29, 0.717) is 25.2 Å². The minimum atomic E-state index is -0.463. The largest absolute Gasteiger partial charge is 0.469 e. The van der Waals surface area contributed by atoms with Gasteiger partial charge in [0.2, 0.25) is 17.7 Å². The monoisotopic (exact) mass is 572 g/mol. The standard InChI is InChI=1S/C10H15NO3.C8H13NO.C7H11NO.C7H13N/c1-5-6-11(3)10(13)8(2)7-9(12)14-4;1-5-6-9(4)8(10)7(2)3;1-4-6-8(3)7(9)5-2;1-4-6-8(3)7-5-2/h5H,1-2,6-7H2,3-4H3;5H,1-2,6H2,3-4H3;4-5H,1-2,6H2,3H3;4-5H,1-2,6-7H2,3H3. The Morgan fingerprint density at radius 3 is 1.32 bits per heavy atom. The molecule has 0 unspecified atom stereocenters. The van der Waals surface area contributed by atoms with Crippen molar-refractivity contribution < 1.29 is 23.9 Å². The van der Waals surface area contributed by atoms with Gasteiger partial charge in [-0.3, -0.25) is 24.1 Å². The SMILES string of the molecule is C=CCN(C)C(=O)C(=C)C.C=CCN(C)C(=O)C(=C)CC(=O)OC.C=CCN(C)C(=O)C=C.C=CCN(C)CC=C. The highest BCUT2D eigenvalue weighted by Crippen LogP contribution is 2.04. The van der Waals surface area contributed by atoms with Crippen LogP contribution in [-0.2, 0) is 23.9 Å². The molecule has 0 fully saturated rings. The van der Waals surface area contributed by atoms with Gasteiger partial charge in [0.1, 0.15) is 0 Å². The molecule has 0 aliphatic heterocycles. The first-order chi connectivity index (χ1) is 19.1. The van der Waals surface area contributed by atoms with Crippen molar-refractivity contribution in [3.63, 3.8) is 0 Å². The number of hydrogen-bond acceptors (Lipinski definition) is 6. The highest BCUT2D eigenvalue weighted by molar-refractivity contribution is 5.97. The van der Waals surface area contributed by atoms with Crippen LogP contribution < -0.4 is 0 Å². The van der Waals surface area contributed by atoms with Crippen LogP contribution in [0.2, 0.25) is 0 Å². The van der Waals surface area contributed by atoms with Gasteiger partial charge in [-0.15, -0.1) is 32.9 Å². The summed E-state index contributed by atoms with van der Waals surface area (Å²) in [5.41, 5.74) is 0.783. The molecule has 0 atom stereocenters. The van der Waals surface area contributed by atoms with Crippen molar-refractivity contribution in [1.82, 2.24) is 19.6 Å². The predicted molar refractivity (Wildman–Crippen MR) is 172 cm³/mol. The van der Waals surface area contributed by atoms with Gasteiger partial charge in [0, 0.05) is 65.0 Å². The zero-order chi connectivity index (χ0) is 33.0. The molecule has 0 aromatic carbocycles. The number of carbonyl (C=O) groups is 4. The average Bonchev–Trinajstić information content (AvgIpc) is 2.93. The third kappa shape index (κ3) is 27.1. The minimum absolute atomic E-state index is 0.0279. The van der Waals surface area contributed by atoms with E-state index in [-0.39, 0.29) is 29.7 Å². The summed E-state index contributed by atoms with van der Waals surface area (Å²) in [4.78, 5) is 50.6. The average molecular weight is 573 g/mol. The molecule has 9 heteroatoms. The highest BCUT2D eigenvalue weighted by atomic mass is 16.5. The van der Waals surface area contributed by atoms with E-state index in [1.807, 2.05) is 19.2 Å². The molecule has 0 aliphatic carbocycles. The van der Waals surface area contributed by atoms with Crippen LogP contribution >= 0.6 is 0 Å². The van der Waals surface area contributed by atoms with Crippen molar-refractivity contribution in [2.75, 3.05) is 68.0 Å². The first-order valence-corrected chi connectivity index (χ1v) is 12.7. The van der Waals surface area contributed by atoms with Crippen LogP contribution in [0.5, 0.6) is 0 Å². The second-order valence-electron chi connectivity index (χ2n) is 8.60. The van der Waals surface area contributed by atoms with Crippen LogP contribution in [0.1, 0.15) is 13.3 Å². The molecule has 0 rings (SSSR count). The number of hydrogen-bond donors (Lipinski definition) is 0. The van der Waals surface area contributed by atoms with Crippen LogP contribution in [-0.4, -0.2) is 111 Å². The number of ether oxygens (including phenoxy) is 1. The molecule has 0 aromatic heterocycles. The Kier molecular flexibility index (Phi) is 30.7. The van der Waals surface area contributed by atoms with Gasteiger partial charge in [-0.25, -0.2) is 0 Å². The number of amides is 3. The van der Waals surface area contributed by atoms with E-state index in [2.05, 4.69) is 62.3 Å². The summed E-state index contributed by atoms with van der Waals surface area (Å²) in [6, 6.07) is 0. The van der Waals surface area contributed by atoms with Gasteiger partial charge in [-0.1, -0.05) is 50.1 Å². The van der Waals surface area contributed by atoms with Gasteiger partial charge in [-0.2, -0.15) is 0 Å². The quantitative estimate of drug-likeness (QED) is 0.167. The highest BCUT2D eigenvalue weighted by Gasteiger charge is 2.14. The summed E-state index contributed by atoms with van der Waals surface area (Å²) in [5.74, 6) is -0.833. The first kappa shape index (κ1) is 43.8. The summed E-state index contributed by atoms with van der Waals surface area (Å²) in [6.45, 7) is 33.3. The van der Waals surface area contributed by atoms with Gasteiger partial charge >= 0.3 is 5.97 Å². The maximum absolute atomic E-state index is 11.5. The zero-order valence-corrected chi connectivity index (χ0v) is 26.2. The van der Waals surface area contributed by atoms with Gasteiger partial charge in [0.25, 0.3) is 0 Å². The van der Waals surface area contributed by atoms with Gasteiger partial charge < -0.3 is 19.4 Å². The summed E-state index contributed by atoms with van der Waals surface area (Å²) in [5, 5.41) is 0. The molecular formula is C32H52N4O5. The van der Waals surface area contributed by atoms with E-state index in [9.17, 15) is 19.2 Å². The Bertz CT molecular complexity index is 898. The van der Waals surface area contributed by atoms with E-state index >= 15 is 0 Å². The topological polar surface area (TPSA) is 90.5 Å². The van der Waals surface area contributed by atoms with Gasteiger partial charge in [-0.05, 0) is 20.0 Å². The lowest BCUT2D eigenvalue weighted by atomic mass is 10.2. The van der Waals surface area contributed by atoms with Gasteiger partial charge in [0.05, 0.1) is 13.5 Å². The number of nitrogens with zero attached hydrogens (tertiary/aromatic N) is 4. The van der Waals surface area contributed by atoms with E-state index in [0.717, 1.165) is 13.1 Å². The van der Waals surface area contributed by atoms with Crippen LogP contribution in [0, 0.1) is 0 Å². The van der Waals surface area contributed by atoms with Crippen molar-refractivity contribution >= 4 is 23.7 Å². The minimum Gasteiger partial charge on any atom is -0.469 e. The summed E-state index contributed by atoms with van der Waals surface area (Å²) < 4.78 is 4.42. The summed E-state index contributed by atoms with van der Waals surface area (Å²) >= 11 is 0. The molecule has 0 spiro atoms.